The zero-order valence-corrected chi connectivity index (χ0v) is 18.6. The highest BCUT2D eigenvalue weighted by atomic mass is 35.5. The number of esters is 1. The number of nitrogens with one attached hydrogen (secondary N) is 1. The van der Waals surface area contributed by atoms with Gasteiger partial charge in [0.15, 0.2) is 0 Å². The van der Waals surface area contributed by atoms with Crippen LogP contribution >= 0.6 is 11.6 Å². The van der Waals surface area contributed by atoms with Gasteiger partial charge in [0.1, 0.15) is 11.3 Å². The predicted molar refractivity (Wildman–Crippen MR) is 129 cm³/mol. The van der Waals surface area contributed by atoms with Gasteiger partial charge in [0, 0.05) is 28.8 Å². The molecule has 0 aliphatic carbocycles. The first-order valence-corrected chi connectivity index (χ1v) is 10.6. The van der Waals surface area contributed by atoms with Gasteiger partial charge >= 0.3 is 5.97 Å². The van der Waals surface area contributed by atoms with E-state index in [0.29, 0.717) is 16.3 Å². The van der Waals surface area contributed by atoms with E-state index < -0.39 is 22.7 Å². The monoisotopic (exact) mass is 489 g/mol. The second kappa shape index (κ2) is 10.0. The largest absolute Gasteiger partial charge is 0.423 e. The smallest absolute Gasteiger partial charge is 0.336 e. The van der Waals surface area contributed by atoms with Crippen molar-refractivity contribution in [3.8, 4) is 5.75 Å². The molecule has 3 aromatic carbocycles. The van der Waals surface area contributed by atoms with Crippen LogP contribution in [0.1, 0.15) is 11.1 Å². The third-order valence-corrected chi connectivity index (χ3v) is 5.12. The molecular formula is C25H16ClN3O6. The maximum absolute atomic E-state index is 12.8. The molecular weight excluding hydrogens is 474 g/mol. The third-order valence-electron chi connectivity index (χ3n) is 4.88. The minimum atomic E-state index is -0.772. The molecule has 0 aromatic heterocycles. The van der Waals surface area contributed by atoms with Crippen molar-refractivity contribution in [3.63, 3.8) is 0 Å². The maximum Gasteiger partial charge on any atom is 0.336 e. The lowest BCUT2D eigenvalue weighted by Crippen LogP contribution is -2.35. The minimum absolute atomic E-state index is 0.0642. The number of anilines is 1. The highest BCUT2D eigenvalue weighted by molar-refractivity contribution is 6.32. The van der Waals surface area contributed by atoms with Crippen LogP contribution in [-0.4, -0.2) is 22.7 Å². The standard InChI is InChI=1S/C25H16ClN3O6/c26-18-10-11-22(35-23(30)12-9-16-5-4-8-20(13-16)29(33)34)17(14-18)15-21-24(31)27-28(25(21)32)19-6-2-1-3-7-19/h1-15H,(H,27,31)/b12-9+,21-15-. The molecule has 0 spiro atoms. The first kappa shape index (κ1) is 23.4. The number of nitro groups is 1. The van der Waals surface area contributed by atoms with Crippen LogP contribution in [0.25, 0.3) is 12.2 Å². The SMILES string of the molecule is O=C(/C=C/c1cccc([N+](=O)[O-])c1)Oc1ccc(Cl)cc1/C=C1/C(=O)NN(c2ccccc2)C1=O. The Labute approximate surface area is 204 Å². The van der Waals surface area contributed by atoms with Crippen LogP contribution < -0.4 is 15.2 Å². The summed E-state index contributed by atoms with van der Waals surface area (Å²) in [5.74, 6) is -1.91. The Hall–Kier alpha value is -4.76. The fourth-order valence-electron chi connectivity index (χ4n) is 3.25. The van der Waals surface area contributed by atoms with E-state index in [0.717, 1.165) is 11.1 Å². The van der Waals surface area contributed by atoms with E-state index in [2.05, 4.69) is 5.43 Å². The van der Waals surface area contributed by atoms with Crippen molar-refractivity contribution < 1.29 is 24.0 Å². The number of benzene rings is 3. The molecule has 0 unspecified atom stereocenters. The highest BCUT2D eigenvalue weighted by Crippen LogP contribution is 2.28. The number of nitrogens with zero attached hydrogens (tertiary/aromatic N) is 2. The van der Waals surface area contributed by atoms with Gasteiger partial charge in [-0.1, -0.05) is 41.9 Å². The quantitative estimate of drug-likeness (QED) is 0.137. The molecule has 9 nitrogen and oxygen atoms in total. The third kappa shape index (κ3) is 5.43. The van der Waals surface area contributed by atoms with Gasteiger partial charge in [-0.2, -0.15) is 0 Å². The number of hydrogen-bond donors (Lipinski definition) is 1. The Morgan fingerprint density at radius 1 is 1.03 bits per heavy atom. The summed E-state index contributed by atoms with van der Waals surface area (Å²) in [6.45, 7) is 0. The second-order valence-corrected chi connectivity index (χ2v) is 7.70. The Morgan fingerprint density at radius 3 is 2.54 bits per heavy atom. The van der Waals surface area contributed by atoms with Gasteiger partial charge < -0.3 is 4.74 Å². The molecule has 3 aromatic rings. The fraction of sp³-hybridized carbons (Fsp3) is 0. The fourth-order valence-corrected chi connectivity index (χ4v) is 3.43. The summed E-state index contributed by atoms with van der Waals surface area (Å²) < 4.78 is 5.37. The molecule has 0 saturated carbocycles. The van der Waals surface area contributed by atoms with Crippen LogP contribution in [0.3, 0.4) is 0 Å². The van der Waals surface area contributed by atoms with Crippen molar-refractivity contribution in [2.45, 2.75) is 0 Å². The minimum Gasteiger partial charge on any atom is -0.423 e. The van der Waals surface area contributed by atoms with E-state index in [4.69, 9.17) is 16.3 Å². The number of rotatable bonds is 6. The average Bonchev–Trinajstić information content (AvgIpc) is 3.13. The van der Waals surface area contributed by atoms with E-state index in [1.165, 1.54) is 48.6 Å². The molecule has 4 rings (SSSR count). The van der Waals surface area contributed by atoms with E-state index in [-0.39, 0.29) is 22.6 Å². The molecule has 1 N–H and O–H groups in total. The van der Waals surface area contributed by atoms with E-state index in [9.17, 15) is 24.5 Å². The lowest BCUT2D eigenvalue weighted by atomic mass is 10.1. The first-order chi connectivity index (χ1) is 16.8. The molecule has 10 heteroatoms. The van der Waals surface area contributed by atoms with Gasteiger partial charge in [-0.15, -0.1) is 0 Å². The Balaban J connectivity index is 1.57. The lowest BCUT2D eigenvalue weighted by Gasteiger charge is -2.13. The van der Waals surface area contributed by atoms with E-state index in [1.54, 1.807) is 36.4 Å². The van der Waals surface area contributed by atoms with Gasteiger partial charge in [-0.25, -0.2) is 9.80 Å². The number of amides is 2. The number of ether oxygens (including phenoxy) is 1. The molecule has 1 saturated heterocycles. The van der Waals surface area contributed by atoms with Crippen molar-refractivity contribution in [2.24, 2.45) is 0 Å². The van der Waals surface area contributed by atoms with Gasteiger partial charge in [0.25, 0.3) is 17.5 Å². The highest BCUT2D eigenvalue weighted by Gasteiger charge is 2.34. The molecule has 1 heterocycles. The molecule has 1 fully saturated rings. The van der Waals surface area contributed by atoms with Crippen molar-refractivity contribution in [1.82, 2.24) is 5.43 Å². The number of halogens is 1. The van der Waals surface area contributed by atoms with Crippen LogP contribution in [0.5, 0.6) is 5.75 Å². The Morgan fingerprint density at radius 2 is 1.80 bits per heavy atom. The molecule has 0 radical (unpaired) electrons. The first-order valence-electron chi connectivity index (χ1n) is 10.2. The van der Waals surface area contributed by atoms with Gasteiger partial charge in [0.2, 0.25) is 0 Å². The number of carbonyl (C=O) groups excluding carboxylic acids is 3. The molecule has 1 aliphatic rings. The molecule has 1 aliphatic heterocycles. The molecule has 174 valence electrons. The predicted octanol–water partition coefficient (Wildman–Crippen LogP) is 4.33. The van der Waals surface area contributed by atoms with Crippen molar-refractivity contribution in [1.29, 1.82) is 0 Å². The average molecular weight is 490 g/mol. The Bertz CT molecular complexity index is 1400. The van der Waals surface area contributed by atoms with Crippen LogP contribution in [0.4, 0.5) is 11.4 Å². The van der Waals surface area contributed by atoms with Crippen molar-refractivity contribution >= 4 is 52.9 Å². The number of para-hydroxylation sites is 1. The summed E-state index contributed by atoms with van der Waals surface area (Å²) in [6, 6.07) is 18.7. The lowest BCUT2D eigenvalue weighted by molar-refractivity contribution is -0.384. The van der Waals surface area contributed by atoms with Gasteiger partial charge in [-0.3, -0.25) is 25.1 Å². The summed E-state index contributed by atoms with van der Waals surface area (Å²) in [6.07, 6.45) is 3.77. The van der Waals surface area contributed by atoms with Crippen molar-refractivity contribution in [3.05, 3.63) is 111 Å². The van der Waals surface area contributed by atoms with E-state index >= 15 is 0 Å². The summed E-state index contributed by atoms with van der Waals surface area (Å²) in [5.41, 5.74) is 3.37. The maximum atomic E-state index is 12.8. The molecule has 0 atom stereocenters. The molecule has 2 amide bonds. The van der Waals surface area contributed by atoms with Crippen LogP contribution in [-0.2, 0) is 14.4 Å². The number of non-ortho nitro benzene ring substituents is 1. The number of hydrogen-bond acceptors (Lipinski definition) is 6. The van der Waals surface area contributed by atoms with Crippen LogP contribution in [0.15, 0.2) is 84.4 Å². The summed E-state index contributed by atoms with van der Waals surface area (Å²) in [7, 11) is 0. The normalized spacial score (nSPS) is 14.4. The molecule has 35 heavy (non-hydrogen) atoms. The zero-order chi connectivity index (χ0) is 24.9. The topological polar surface area (TPSA) is 119 Å². The van der Waals surface area contributed by atoms with E-state index in [1.807, 2.05) is 0 Å². The second-order valence-electron chi connectivity index (χ2n) is 7.26. The van der Waals surface area contributed by atoms with Gasteiger partial charge in [0.05, 0.1) is 10.6 Å². The number of carbonyl (C=O) groups is 3. The molecule has 0 bridgehead atoms. The van der Waals surface area contributed by atoms with Gasteiger partial charge in [-0.05, 0) is 48.0 Å². The number of hydrazine groups is 1. The summed E-state index contributed by atoms with van der Waals surface area (Å²) >= 11 is 6.08. The summed E-state index contributed by atoms with van der Waals surface area (Å²) in [4.78, 5) is 48.1. The Kier molecular flexibility index (Phi) is 6.70. The summed E-state index contributed by atoms with van der Waals surface area (Å²) in [5, 5.41) is 12.3. The van der Waals surface area contributed by atoms with Crippen molar-refractivity contribution in [2.75, 3.05) is 5.01 Å². The van der Waals surface area contributed by atoms with Crippen LogP contribution in [0.2, 0.25) is 5.02 Å². The zero-order valence-electron chi connectivity index (χ0n) is 17.9. The number of nitro benzene ring substituents is 1. The van der Waals surface area contributed by atoms with Crippen LogP contribution in [0, 0.1) is 10.1 Å².